The summed E-state index contributed by atoms with van der Waals surface area (Å²) in [5, 5.41) is 36.4. The predicted octanol–water partition coefficient (Wildman–Crippen LogP) is 0.769. The maximum atomic E-state index is 9.23. The molecule has 0 heterocycles. The largest absolute Gasteiger partial charge is 0.504 e. The number of phenolic OH excluding ortho intramolecular Hbond substituents is 2. The van der Waals surface area contributed by atoms with Gasteiger partial charge in [-0.3, -0.25) is 0 Å². The zero-order chi connectivity index (χ0) is 16.5. The fourth-order valence-electron chi connectivity index (χ4n) is 1.70. The second-order valence-electron chi connectivity index (χ2n) is 4.66. The van der Waals surface area contributed by atoms with Crippen LogP contribution in [0.4, 0.5) is 0 Å². The zero-order valence-electron chi connectivity index (χ0n) is 12.1. The van der Waals surface area contributed by atoms with E-state index in [4.69, 9.17) is 21.7 Å². The minimum absolute atomic E-state index is 0.0875. The summed E-state index contributed by atoms with van der Waals surface area (Å²) in [7, 11) is 0. The lowest BCUT2D eigenvalue weighted by Crippen LogP contribution is -2.11. The number of nitrogens with two attached hydrogens (primary N) is 2. The average Bonchev–Trinajstić information content (AvgIpc) is 2.57. The van der Waals surface area contributed by atoms with Gasteiger partial charge in [0.2, 0.25) is 0 Å². The van der Waals surface area contributed by atoms with E-state index in [1.54, 1.807) is 0 Å². The monoisotopic (exact) mass is 306 g/mol. The van der Waals surface area contributed by atoms with Crippen LogP contribution < -0.4 is 11.5 Å². The molecule has 0 saturated carbocycles. The standard InChI is InChI=1S/C8H11NO3.C8H11NO/c9-4-8(12)5-1-2-6(10)7(11)3-5;9-6-8(10)7-4-2-1-3-5-7/h1-3,8,10-12H,4,9H2;1-5,8,10H,6,9H2. The fraction of sp³-hybridized carbons (Fsp3) is 0.250. The number of hydrogen-bond acceptors (Lipinski definition) is 6. The number of benzene rings is 2. The molecule has 0 amide bonds. The molecule has 8 N–H and O–H groups in total. The Bertz CT molecular complexity index is 563. The minimum Gasteiger partial charge on any atom is -0.504 e. The van der Waals surface area contributed by atoms with Crippen molar-refractivity contribution in [3.05, 3.63) is 59.7 Å². The molecule has 0 radical (unpaired) electrons. The first-order chi connectivity index (χ1) is 10.5. The van der Waals surface area contributed by atoms with Crippen molar-refractivity contribution in [3.63, 3.8) is 0 Å². The van der Waals surface area contributed by atoms with E-state index in [-0.39, 0.29) is 24.6 Å². The molecule has 0 fully saturated rings. The first-order valence-electron chi connectivity index (χ1n) is 6.82. The summed E-state index contributed by atoms with van der Waals surface area (Å²) in [5.41, 5.74) is 11.8. The van der Waals surface area contributed by atoms with Gasteiger partial charge in [-0.1, -0.05) is 36.4 Å². The number of hydrogen-bond donors (Lipinski definition) is 6. The SMILES string of the molecule is NCC(O)c1ccc(O)c(O)c1.NCC(O)c1ccccc1. The topological polar surface area (TPSA) is 133 Å². The molecule has 0 spiro atoms. The highest BCUT2D eigenvalue weighted by Gasteiger charge is 2.07. The summed E-state index contributed by atoms with van der Waals surface area (Å²) < 4.78 is 0. The van der Waals surface area contributed by atoms with Gasteiger partial charge in [0.05, 0.1) is 12.2 Å². The van der Waals surface area contributed by atoms with Crippen LogP contribution in [0, 0.1) is 0 Å². The van der Waals surface area contributed by atoms with Crippen molar-refractivity contribution >= 4 is 0 Å². The van der Waals surface area contributed by atoms with E-state index >= 15 is 0 Å². The fourth-order valence-corrected chi connectivity index (χ4v) is 1.70. The molecule has 22 heavy (non-hydrogen) atoms. The van der Waals surface area contributed by atoms with E-state index in [2.05, 4.69) is 0 Å². The van der Waals surface area contributed by atoms with Crippen LogP contribution in [-0.4, -0.2) is 33.5 Å². The highest BCUT2D eigenvalue weighted by molar-refractivity contribution is 5.41. The molecule has 0 bridgehead atoms. The summed E-state index contributed by atoms with van der Waals surface area (Å²) in [5.74, 6) is -0.456. The molecule has 6 nitrogen and oxygen atoms in total. The number of phenols is 2. The van der Waals surface area contributed by atoms with E-state index in [1.165, 1.54) is 18.2 Å². The maximum Gasteiger partial charge on any atom is 0.157 e. The third kappa shape index (κ3) is 5.34. The molecule has 2 atom stereocenters. The van der Waals surface area contributed by atoms with Gasteiger partial charge in [0.1, 0.15) is 0 Å². The van der Waals surface area contributed by atoms with Crippen LogP contribution in [0.15, 0.2) is 48.5 Å². The Balaban J connectivity index is 0.000000224. The highest BCUT2D eigenvalue weighted by atomic mass is 16.3. The number of rotatable bonds is 4. The smallest absolute Gasteiger partial charge is 0.157 e. The lowest BCUT2D eigenvalue weighted by Gasteiger charge is -2.08. The van der Waals surface area contributed by atoms with Crippen molar-refractivity contribution < 1.29 is 20.4 Å². The third-order valence-corrected chi connectivity index (χ3v) is 3.02. The van der Waals surface area contributed by atoms with E-state index in [0.29, 0.717) is 5.56 Å². The van der Waals surface area contributed by atoms with Crippen LogP contribution in [-0.2, 0) is 0 Å². The van der Waals surface area contributed by atoms with Crippen LogP contribution in [0.3, 0.4) is 0 Å². The zero-order valence-corrected chi connectivity index (χ0v) is 12.1. The van der Waals surface area contributed by atoms with Gasteiger partial charge in [-0.25, -0.2) is 0 Å². The van der Waals surface area contributed by atoms with Gasteiger partial charge < -0.3 is 31.9 Å². The van der Waals surface area contributed by atoms with Gasteiger partial charge in [0, 0.05) is 13.1 Å². The Hall–Kier alpha value is -2.12. The molecule has 0 aliphatic rings. The second kappa shape index (κ2) is 9.01. The molecule has 2 unspecified atom stereocenters. The van der Waals surface area contributed by atoms with Crippen LogP contribution in [0.1, 0.15) is 23.3 Å². The van der Waals surface area contributed by atoms with Crippen LogP contribution in [0.2, 0.25) is 0 Å². The van der Waals surface area contributed by atoms with Crippen molar-refractivity contribution in [1.82, 2.24) is 0 Å². The Morgan fingerprint density at radius 3 is 1.77 bits per heavy atom. The Labute approximate surface area is 129 Å². The van der Waals surface area contributed by atoms with Gasteiger partial charge in [-0.2, -0.15) is 0 Å². The number of aliphatic hydroxyl groups excluding tert-OH is 2. The molecular formula is C16H22N2O4. The average molecular weight is 306 g/mol. The first kappa shape index (κ1) is 17.9. The van der Waals surface area contributed by atoms with Crippen LogP contribution >= 0.6 is 0 Å². The lowest BCUT2D eigenvalue weighted by molar-refractivity contribution is 0.186. The molecule has 0 aromatic heterocycles. The van der Waals surface area contributed by atoms with E-state index in [1.807, 2.05) is 30.3 Å². The maximum absolute atomic E-state index is 9.23. The number of aliphatic hydroxyl groups is 2. The molecule has 6 heteroatoms. The highest BCUT2D eigenvalue weighted by Crippen LogP contribution is 2.27. The van der Waals surface area contributed by atoms with Gasteiger partial charge in [0.15, 0.2) is 11.5 Å². The molecule has 2 rings (SSSR count). The number of aromatic hydroxyl groups is 2. The molecule has 0 aliphatic heterocycles. The first-order valence-corrected chi connectivity index (χ1v) is 6.82. The second-order valence-corrected chi connectivity index (χ2v) is 4.66. The van der Waals surface area contributed by atoms with Crippen molar-refractivity contribution in [2.24, 2.45) is 11.5 Å². The summed E-state index contributed by atoms with van der Waals surface area (Å²) in [6, 6.07) is 13.5. The Morgan fingerprint density at radius 1 is 0.727 bits per heavy atom. The molecule has 0 saturated heterocycles. The summed E-state index contributed by atoms with van der Waals surface area (Å²) >= 11 is 0. The van der Waals surface area contributed by atoms with E-state index in [0.717, 1.165) is 5.56 Å². The van der Waals surface area contributed by atoms with Crippen LogP contribution in [0.25, 0.3) is 0 Å². The minimum atomic E-state index is -0.795. The van der Waals surface area contributed by atoms with Crippen LogP contribution in [0.5, 0.6) is 11.5 Å². The van der Waals surface area contributed by atoms with Crippen molar-refractivity contribution in [1.29, 1.82) is 0 Å². The summed E-state index contributed by atoms with van der Waals surface area (Å²) in [6.07, 6.45) is -1.31. The Kier molecular flexibility index (Phi) is 7.34. The Morgan fingerprint density at radius 2 is 1.27 bits per heavy atom. The van der Waals surface area contributed by atoms with Crippen molar-refractivity contribution in [3.8, 4) is 11.5 Å². The van der Waals surface area contributed by atoms with Crippen molar-refractivity contribution in [2.75, 3.05) is 13.1 Å². The summed E-state index contributed by atoms with van der Waals surface area (Å²) in [4.78, 5) is 0. The van der Waals surface area contributed by atoms with Crippen molar-refractivity contribution in [2.45, 2.75) is 12.2 Å². The third-order valence-electron chi connectivity index (χ3n) is 3.02. The summed E-state index contributed by atoms with van der Waals surface area (Å²) in [6.45, 7) is 0.369. The molecule has 2 aromatic rings. The quantitative estimate of drug-likeness (QED) is 0.462. The lowest BCUT2D eigenvalue weighted by atomic mass is 10.1. The molecule has 120 valence electrons. The van der Waals surface area contributed by atoms with Gasteiger partial charge in [-0.15, -0.1) is 0 Å². The van der Waals surface area contributed by atoms with Gasteiger partial charge in [-0.05, 0) is 23.3 Å². The molecule has 2 aromatic carbocycles. The van der Waals surface area contributed by atoms with Gasteiger partial charge >= 0.3 is 0 Å². The van der Waals surface area contributed by atoms with E-state index in [9.17, 15) is 10.2 Å². The molecule has 0 aliphatic carbocycles. The normalized spacial score (nSPS) is 12.9. The van der Waals surface area contributed by atoms with Gasteiger partial charge in [0.25, 0.3) is 0 Å². The molecular weight excluding hydrogens is 284 g/mol. The van der Waals surface area contributed by atoms with E-state index < -0.39 is 12.2 Å². The predicted molar refractivity (Wildman–Crippen MR) is 84.2 cm³/mol.